The van der Waals surface area contributed by atoms with Crippen LogP contribution < -0.4 is 0 Å². The Labute approximate surface area is 206 Å². The molecule has 0 bridgehead atoms. The molecule has 0 atom stereocenters. The quantitative estimate of drug-likeness (QED) is 0.264. The minimum Gasteiger partial charge on any atom is -0.466 e. The third kappa shape index (κ3) is 5.99. The molecule has 0 saturated heterocycles. The molecule has 3 aromatic carbocycles. The summed E-state index contributed by atoms with van der Waals surface area (Å²) in [6.07, 6.45) is 4.96. The largest absolute Gasteiger partial charge is 0.466 e. The molecule has 35 heavy (non-hydrogen) atoms. The van der Waals surface area contributed by atoms with Crippen molar-refractivity contribution in [2.24, 2.45) is 0 Å². The van der Waals surface area contributed by atoms with Gasteiger partial charge >= 0.3 is 11.9 Å². The summed E-state index contributed by atoms with van der Waals surface area (Å²) in [6, 6.07) is 24.3. The van der Waals surface area contributed by atoms with E-state index in [4.69, 9.17) is 9.47 Å². The van der Waals surface area contributed by atoms with Gasteiger partial charge in [-0.3, -0.25) is 4.79 Å². The summed E-state index contributed by atoms with van der Waals surface area (Å²) in [7, 11) is 0. The first-order chi connectivity index (χ1) is 17.1. The number of rotatable bonds is 10. The maximum Gasteiger partial charge on any atom is 0.338 e. The van der Waals surface area contributed by atoms with Gasteiger partial charge < -0.3 is 14.0 Å². The lowest BCUT2D eigenvalue weighted by atomic mass is 10.0. The number of nitrogens with zero attached hydrogens (tertiary/aromatic N) is 1. The lowest BCUT2D eigenvalue weighted by molar-refractivity contribution is -0.143. The number of hydrogen-bond acceptors (Lipinski definition) is 4. The van der Waals surface area contributed by atoms with Gasteiger partial charge in [0.15, 0.2) is 0 Å². The van der Waals surface area contributed by atoms with E-state index in [0.717, 1.165) is 35.0 Å². The van der Waals surface area contributed by atoms with Gasteiger partial charge in [0.1, 0.15) is 0 Å². The molecule has 4 rings (SSSR count). The number of esters is 2. The van der Waals surface area contributed by atoms with Crippen LogP contribution in [0, 0.1) is 0 Å². The molecule has 5 nitrogen and oxygen atoms in total. The van der Waals surface area contributed by atoms with Crippen molar-refractivity contribution in [1.82, 2.24) is 4.57 Å². The molecule has 1 heterocycles. The highest BCUT2D eigenvalue weighted by Crippen LogP contribution is 2.28. The fourth-order valence-corrected chi connectivity index (χ4v) is 4.31. The zero-order chi connectivity index (χ0) is 24.6. The van der Waals surface area contributed by atoms with E-state index < -0.39 is 0 Å². The van der Waals surface area contributed by atoms with E-state index in [2.05, 4.69) is 53.2 Å². The second-order valence-corrected chi connectivity index (χ2v) is 8.44. The third-order valence-electron chi connectivity index (χ3n) is 6.04. The van der Waals surface area contributed by atoms with Crippen LogP contribution >= 0.6 is 0 Å². The number of hydrogen-bond donors (Lipinski definition) is 0. The van der Waals surface area contributed by atoms with Crippen LogP contribution in [0.2, 0.25) is 0 Å². The van der Waals surface area contributed by atoms with Crippen molar-refractivity contribution >= 4 is 22.8 Å². The van der Waals surface area contributed by atoms with Crippen LogP contribution in [-0.2, 0) is 33.5 Å². The molecule has 1 aromatic heterocycles. The van der Waals surface area contributed by atoms with Gasteiger partial charge in [0.25, 0.3) is 0 Å². The summed E-state index contributed by atoms with van der Waals surface area (Å²) in [5.41, 5.74) is 6.12. The molecule has 0 radical (unpaired) electrons. The normalized spacial score (nSPS) is 10.9. The lowest BCUT2D eigenvalue weighted by Gasteiger charge is -2.09. The second kappa shape index (κ2) is 11.5. The predicted molar refractivity (Wildman–Crippen MR) is 138 cm³/mol. The van der Waals surface area contributed by atoms with Gasteiger partial charge in [0.2, 0.25) is 0 Å². The van der Waals surface area contributed by atoms with Crippen LogP contribution in [0.5, 0.6) is 0 Å². The smallest absolute Gasteiger partial charge is 0.338 e. The Bertz CT molecular complexity index is 1310. The first kappa shape index (κ1) is 24.3. The standard InChI is InChI=1S/C30H31NO4/c1-3-34-29(32)18-15-23-14-17-28-27(19-23)25(16-13-22-9-6-5-7-10-22)21-31(28)26-12-8-11-24(20-26)30(33)35-4-2/h5-12,14,17,19-21H,3-4,13,15-16,18H2,1-2H3. The van der Waals surface area contributed by atoms with Crippen molar-refractivity contribution in [3.63, 3.8) is 0 Å². The van der Waals surface area contributed by atoms with E-state index in [1.165, 1.54) is 11.1 Å². The Morgan fingerprint density at radius 3 is 2.34 bits per heavy atom. The molecular formula is C30H31NO4. The maximum absolute atomic E-state index is 12.3. The zero-order valence-electron chi connectivity index (χ0n) is 20.3. The van der Waals surface area contributed by atoms with Gasteiger partial charge in [-0.25, -0.2) is 4.79 Å². The minimum absolute atomic E-state index is 0.176. The van der Waals surface area contributed by atoms with E-state index in [1.807, 2.05) is 31.2 Å². The number of benzene rings is 3. The number of ether oxygens (including phenoxy) is 2. The predicted octanol–water partition coefficient (Wildman–Crippen LogP) is 6.09. The van der Waals surface area contributed by atoms with E-state index in [-0.39, 0.29) is 11.9 Å². The summed E-state index contributed by atoms with van der Waals surface area (Å²) >= 11 is 0. The monoisotopic (exact) mass is 469 g/mol. The highest BCUT2D eigenvalue weighted by atomic mass is 16.5. The fraction of sp³-hybridized carbons (Fsp3) is 0.267. The van der Waals surface area contributed by atoms with Crippen LogP contribution in [0.3, 0.4) is 0 Å². The van der Waals surface area contributed by atoms with Crippen molar-refractivity contribution in [1.29, 1.82) is 0 Å². The summed E-state index contributed by atoms with van der Waals surface area (Å²) in [5, 5.41) is 1.16. The van der Waals surface area contributed by atoms with Crippen LogP contribution in [0.15, 0.2) is 79.0 Å². The van der Waals surface area contributed by atoms with Crippen molar-refractivity contribution in [3.8, 4) is 5.69 Å². The minimum atomic E-state index is -0.323. The fourth-order valence-electron chi connectivity index (χ4n) is 4.31. The molecule has 0 N–H and O–H groups in total. The third-order valence-corrected chi connectivity index (χ3v) is 6.04. The Morgan fingerprint density at radius 2 is 1.57 bits per heavy atom. The molecule has 0 aliphatic carbocycles. The SMILES string of the molecule is CCOC(=O)CCc1ccc2c(c1)c(CCc1ccccc1)cn2-c1cccc(C(=O)OCC)c1. The topological polar surface area (TPSA) is 57.5 Å². The van der Waals surface area contributed by atoms with Gasteiger partial charge in [-0.05, 0) is 80.1 Å². The molecule has 4 aromatic rings. The average Bonchev–Trinajstić information content (AvgIpc) is 3.25. The Hall–Kier alpha value is -3.86. The zero-order valence-corrected chi connectivity index (χ0v) is 20.3. The molecule has 5 heteroatoms. The van der Waals surface area contributed by atoms with E-state index in [0.29, 0.717) is 31.6 Å². The Morgan fingerprint density at radius 1 is 0.771 bits per heavy atom. The number of carbonyl (C=O) groups excluding carboxylic acids is 2. The van der Waals surface area contributed by atoms with E-state index >= 15 is 0 Å². The molecule has 0 saturated carbocycles. The highest BCUT2D eigenvalue weighted by molar-refractivity contribution is 5.91. The lowest BCUT2D eigenvalue weighted by Crippen LogP contribution is -2.05. The molecular weight excluding hydrogens is 438 g/mol. The van der Waals surface area contributed by atoms with Crippen molar-refractivity contribution in [3.05, 3.63) is 101 Å². The molecule has 0 amide bonds. The van der Waals surface area contributed by atoms with Gasteiger partial charge in [-0.15, -0.1) is 0 Å². The average molecular weight is 470 g/mol. The number of carbonyl (C=O) groups is 2. The Balaban J connectivity index is 1.70. The van der Waals surface area contributed by atoms with Gasteiger partial charge in [0, 0.05) is 23.7 Å². The van der Waals surface area contributed by atoms with E-state index in [9.17, 15) is 9.59 Å². The molecule has 0 fully saturated rings. The molecule has 180 valence electrons. The second-order valence-electron chi connectivity index (χ2n) is 8.44. The highest BCUT2D eigenvalue weighted by Gasteiger charge is 2.14. The van der Waals surface area contributed by atoms with Crippen molar-refractivity contribution < 1.29 is 19.1 Å². The molecule has 0 spiro atoms. The summed E-state index contributed by atoms with van der Waals surface area (Å²) in [6.45, 7) is 4.37. The van der Waals surface area contributed by atoms with Gasteiger partial charge in [-0.1, -0.05) is 42.5 Å². The summed E-state index contributed by atoms with van der Waals surface area (Å²) in [5.74, 6) is -0.499. The molecule has 0 aliphatic rings. The van der Waals surface area contributed by atoms with Crippen LogP contribution in [0.4, 0.5) is 0 Å². The summed E-state index contributed by atoms with van der Waals surface area (Å²) in [4.78, 5) is 24.2. The number of fused-ring (bicyclic) bond motifs is 1. The van der Waals surface area contributed by atoms with Crippen LogP contribution in [-0.4, -0.2) is 29.7 Å². The van der Waals surface area contributed by atoms with Crippen LogP contribution in [0.25, 0.3) is 16.6 Å². The van der Waals surface area contributed by atoms with Gasteiger partial charge in [0.05, 0.1) is 24.3 Å². The van der Waals surface area contributed by atoms with E-state index in [1.54, 1.807) is 13.0 Å². The van der Waals surface area contributed by atoms with Crippen molar-refractivity contribution in [2.75, 3.05) is 13.2 Å². The van der Waals surface area contributed by atoms with Crippen LogP contribution in [0.1, 0.15) is 47.3 Å². The van der Waals surface area contributed by atoms with Crippen molar-refractivity contribution in [2.45, 2.75) is 39.5 Å². The first-order valence-corrected chi connectivity index (χ1v) is 12.2. The Kier molecular flexibility index (Phi) is 7.99. The number of aryl methyl sites for hydroxylation is 3. The molecule has 0 unspecified atom stereocenters. The molecule has 0 aliphatic heterocycles. The number of aromatic nitrogens is 1. The maximum atomic E-state index is 12.3. The summed E-state index contributed by atoms with van der Waals surface area (Å²) < 4.78 is 12.4. The first-order valence-electron chi connectivity index (χ1n) is 12.2. The van der Waals surface area contributed by atoms with Gasteiger partial charge in [-0.2, -0.15) is 0 Å².